The zero-order valence-corrected chi connectivity index (χ0v) is 17.6. The van der Waals surface area contributed by atoms with E-state index in [0.29, 0.717) is 0 Å². The second-order valence-corrected chi connectivity index (χ2v) is 8.44. The Morgan fingerprint density at radius 3 is 2.38 bits per heavy atom. The average molecular weight is 419 g/mol. The molecule has 2 aromatic rings. The van der Waals surface area contributed by atoms with Crippen LogP contribution >= 0.6 is 0 Å². The zero-order valence-electron chi connectivity index (χ0n) is 16.8. The summed E-state index contributed by atoms with van der Waals surface area (Å²) in [6, 6.07) is 14.7. The molecule has 1 N–H and O–H groups in total. The lowest BCUT2D eigenvalue weighted by molar-refractivity contribution is -0.144. The third kappa shape index (κ3) is 6.40. The molecule has 0 saturated carbocycles. The molecule has 7 nitrogen and oxygen atoms in total. The molecule has 0 aliphatic carbocycles. The minimum absolute atomic E-state index is 0.0147. The number of nitrogens with one attached hydrogen (secondary N) is 1. The van der Waals surface area contributed by atoms with Crippen molar-refractivity contribution in [3.8, 4) is 0 Å². The van der Waals surface area contributed by atoms with E-state index in [1.54, 1.807) is 20.8 Å². The molecule has 0 atom stereocenters. The van der Waals surface area contributed by atoms with Crippen molar-refractivity contribution in [2.45, 2.75) is 38.3 Å². The second kappa shape index (κ2) is 10.2. The summed E-state index contributed by atoms with van der Waals surface area (Å²) >= 11 is 0. The third-order valence-electron chi connectivity index (χ3n) is 4.19. The lowest BCUT2D eigenvalue weighted by Crippen LogP contribution is -2.41. The van der Waals surface area contributed by atoms with E-state index in [0.717, 1.165) is 5.56 Å². The number of carbonyl (C=O) groups excluding carboxylic acids is 2. The molecule has 156 valence electrons. The van der Waals surface area contributed by atoms with Crippen molar-refractivity contribution in [2.24, 2.45) is 0 Å². The van der Waals surface area contributed by atoms with Crippen molar-refractivity contribution in [1.82, 2.24) is 9.62 Å². The molecular formula is C21H26N2O5S. The number of sulfonamides is 1. The fraction of sp³-hybridized carbons (Fsp3) is 0.333. The van der Waals surface area contributed by atoms with E-state index in [1.165, 1.54) is 29.2 Å². The minimum Gasteiger partial charge on any atom is -0.465 e. The third-order valence-corrected chi connectivity index (χ3v) is 5.59. The summed E-state index contributed by atoms with van der Waals surface area (Å²) in [4.78, 5) is 26.0. The molecule has 1 amide bonds. The van der Waals surface area contributed by atoms with Crippen molar-refractivity contribution in [1.29, 1.82) is 0 Å². The van der Waals surface area contributed by atoms with Crippen molar-refractivity contribution in [3.05, 3.63) is 65.7 Å². The lowest BCUT2D eigenvalue weighted by Gasteiger charge is -2.26. The number of hydrogen-bond acceptors (Lipinski definition) is 5. The molecule has 0 spiro atoms. The standard InChI is InChI=1S/C21H26N2O5S/c1-4-28-20(24)15-23(16(2)3)21(25)18-11-8-12-19(13-18)29(26,27)22-14-17-9-6-5-7-10-17/h5-13,16,22H,4,14-15H2,1-3H3. The summed E-state index contributed by atoms with van der Waals surface area (Å²) in [7, 11) is -3.80. The van der Waals surface area contributed by atoms with Gasteiger partial charge in [-0.2, -0.15) is 0 Å². The number of benzene rings is 2. The Kier molecular flexibility index (Phi) is 7.92. The fourth-order valence-corrected chi connectivity index (χ4v) is 3.72. The molecule has 2 aromatic carbocycles. The molecule has 0 aliphatic rings. The zero-order chi connectivity index (χ0) is 21.4. The van der Waals surface area contributed by atoms with Crippen LogP contribution in [0.25, 0.3) is 0 Å². The van der Waals surface area contributed by atoms with Crippen LogP contribution in [0.15, 0.2) is 59.5 Å². The summed E-state index contributed by atoms with van der Waals surface area (Å²) in [6.07, 6.45) is 0. The molecule has 0 aliphatic heterocycles. The number of rotatable bonds is 9. The molecule has 2 rings (SSSR count). The Hall–Kier alpha value is -2.71. The van der Waals surface area contributed by atoms with Gasteiger partial charge >= 0.3 is 5.97 Å². The van der Waals surface area contributed by atoms with Crippen LogP contribution in [0.3, 0.4) is 0 Å². The molecule has 0 aromatic heterocycles. The van der Waals surface area contributed by atoms with Gasteiger partial charge in [0.05, 0.1) is 11.5 Å². The first kappa shape index (κ1) is 22.6. The van der Waals surface area contributed by atoms with Gasteiger partial charge in [-0.15, -0.1) is 0 Å². The topological polar surface area (TPSA) is 92.8 Å². The Balaban J connectivity index is 2.19. The Labute approximate surface area is 171 Å². The Bertz CT molecular complexity index is 943. The summed E-state index contributed by atoms with van der Waals surface area (Å²) < 4.78 is 32.7. The van der Waals surface area contributed by atoms with E-state index < -0.39 is 21.9 Å². The van der Waals surface area contributed by atoms with E-state index in [4.69, 9.17) is 4.74 Å². The summed E-state index contributed by atoms with van der Waals surface area (Å²) in [6.45, 7) is 5.41. The first-order valence-corrected chi connectivity index (χ1v) is 10.8. The van der Waals surface area contributed by atoms with Crippen LogP contribution in [0, 0.1) is 0 Å². The fourth-order valence-electron chi connectivity index (χ4n) is 2.65. The highest BCUT2D eigenvalue weighted by Gasteiger charge is 2.24. The SMILES string of the molecule is CCOC(=O)CN(C(=O)c1cccc(S(=O)(=O)NCc2ccccc2)c1)C(C)C. The molecule has 0 unspecified atom stereocenters. The van der Waals surface area contributed by atoms with Gasteiger partial charge in [-0.05, 0) is 44.5 Å². The highest BCUT2D eigenvalue weighted by molar-refractivity contribution is 7.89. The first-order valence-electron chi connectivity index (χ1n) is 9.35. The largest absolute Gasteiger partial charge is 0.465 e. The molecule has 0 bridgehead atoms. The van der Waals surface area contributed by atoms with E-state index in [9.17, 15) is 18.0 Å². The quantitative estimate of drug-likeness (QED) is 0.632. The maximum Gasteiger partial charge on any atom is 0.325 e. The van der Waals surface area contributed by atoms with Crippen LogP contribution in [-0.4, -0.2) is 44.4 Å². The van der Waals surface area contributed by atoms with Crippen LogP contribution in [-0.2, 0) is 26.1 Å². The summed E-state index contributed by atoms with van der Waals surface area (Å²) in [5.74, 6) is -0.948. The van der Waals surface area contributed by atoms with E-state index >= 15 is 0 Å². The Morgan fingerprint density at radius 2 is 1.76 bits per heavy atom. The number of esters is 1. The molecule has 8 heteroatoms. The van der Waals surface area contributed by atoms with Gasteiger partial charge in [-0.25, -0.2) is 13.1 Å². The summed E-state index contributed by atoms with van der Waals surface area (Å²) in [5.41, 5.74) is 1.01. The normalized spacial score (nSPS) is 11.3. The molecule has 0 fully saturated rings. The van der Waals surface area contributed by atoms with E-state index in [2.05, 4.69) is 4.72 Å². The predicted octanol–water partition coefficient (Wildman–Crippen LogP) is 2.58. The monoisotopic (exact) mass is 418 g/mol. The first-order chi connectivity index (χ1) is 13.7. The van der Waals surface area contributed by atoms with Crippen LogP contribution < -0.4 is 4.72 Å². The maximum absolute atomic E-state index is 12.9. The maximum atomic E-state index is 12.9. The molecule has 29 heavy (non-hydrogen) atoms. The number of nitrogens with zero attached hydrogens (tertiary/aromatic N) is 1. The van der Waals surface area contributed by atoms with Gasteiger partial charge < -0.3 is 9.64 Å². The number of amides is 1. The molecule has 0 saturated heterocycles. The van der Waals surface area contributed by atoms with Crippen molar-refractivity contribution < 1.29 is 22.7 Å². The summed E-state index contributed by atoms with van der Waals surface area (Å²) in [5, 5.41) is 0. The highest BCUT2D eigenvalue weighted by Crippen LogP contribution is 2.15. The van der Waals surface area contributed by atoms with E-state index in [1.807, 2.05) is 30.3 Å². The van der Waals surface area contributed by atoms with Crippen molar-refractivity contribution in [2.75, 3.05) is 13.2 Å². The Morgan fingerprint density at radius 1 is 1.07 bits per heavy atom. The van der Waals surface area contributed by atoms with Crippen LogP contribution in [0.1, 0.15) is 36.7 Å². The lowest BCUT2D eigenvalue weighted by atomic mass is 10.1. The average Bonchev–Trinajstić information content (AvgIpc) is 2.71. The van der Waals surface area contributed by atoms with Crippen LogP contribution in [0.5, 0.6) is 0 Å². The molecule has 0 heterocycles. The van der Waals surface area contributed by atoms with E-state index in [-0.39, 0.29) is 36.2 Å². The van der Waals surface area contributed by atoms with Gasteiger partial charge in [0.15, 0.2) is 0 Å². The number of carbonyl (C=O) groups is 2. The van der Waals surface area contributed by atoms with Gasteiger partial charge in [0.25, 0.3) is 5.91 Å². The van der Waals surface area contributed by atoms with Gasteiger partial charge in [0.1, 0.15) is 6.54 Å². The smallest absolute Gasteiger partial charge is 0.325 e. The van der Waals surface area contributed by atoms with Crippen molar-refractivity contribution in [3.63, 3.8) is 0 Å². The van der Waals surface area contributed by atoms with Crippen LogP contribution in [0.4, 0.5) is 0 Å². The minimum atomic E-state index is -3.80. The van der Waals surface area contributed by atoms with Gasteiger partial charge in [-0.1, -0.05) is 36.4 Å². The highest BCUT2D eigenvalue weighted by atomic mass is 32.2. The molecule has 0 radical (unpaired) electrons. The molecular weight excluding hydrogens is 392 g/mol. The van der Waals surface area contributed by atoms with Gasteiger partial charge in [0, 0.05) is 18.2 Å². The predicted molar refractivity (Wildman–Crippen MR) is 110 cm³/mol. The van der Waals surface area contributed by atoms with Crippen LogP contribution in [0.2, 0.25) is 0 Å². The number of hydrogen-bond donors (Lipinski definition) is 1. The number of ether oxygens (including phenoxy) is 1. The van der Waals surface area contributed by atoms with Crippen molar-refractivity contribution >= 4 is 21.9 Å². The van der Waals surface area contributed by atoms with Gasteiger partial charge in [0.2, 0.25) is 10.0 Å². The van der Waals surface area contributed by atoms with Gasteiger partial charge in [-0.3, -0.25) is 9.59 Å². The second-order valence-electron chi connectivity index (χ2n) is 6.67.